The van der Waals surface area contributed by atoms with Gasteiger partial charge in [0.05, 0.1) is 18.4 Å². The van der Waals surface area contributed by atoms with Crippen LogP contribution in [-0.2, 0) is 0 Å². The zero-order valence-electron chi connectivity index (χ0n) is 19.5. The minimum Gasteiger partial charge on any atom is -0.497 e. The largest absolute Gasteiger partial charge is 0.497 e. The maximum absolute atomic E-state index is 13.2. The molecule has 5 rings (SSSR count). The normalized spacial score (nSPS) is 24.7. The molecule has 1 saturated heterocycles. The van der Waals surface area contributed by atoms with E-state index in [1.165, 1.54) is 19.3 Å². The summed E-state index contributed by atoms with van der Waals surface area (Å²) in [6.07, 6.45) is 6.58. The predicted octanol–water partition coefficient (Wildman–Crippen LogP) is 4.34. The van der Waals surface area contributed by atoms with Crippen LogP contribution in [0.1, 0.15) is 76.5 Å². The third kappa shape index (κ3) is 4.48. The molecular weight excluding hydrogens is 414 g/mol. The molecule has 2 bridgehead atoms. The van der Waals surface area contributed by atoms with Crippen molar-refractivity contribution in [3.8, 4) is 5.75 Å². The smallest absolute Gasteiger partial charge is 0.253 e. The highest BCUT2D eigenvalue weighted by Crippen LogP contribution is 2.44. The van der Waals surface area contributed by atoms with Crippen molar-refractivity contribution >= 4 is 11.8 Å². The average Bonchev–Trinajstić information content (AvgIpc) is 3.47. The van der Waals surface area contributed by atoms with Gasteiger partial charge in [0.2, 0.25) is 0 Å². The maximum Gasteiger partial charge on any atom is 0.253 e. The highest BCUT2D eigenvalue weighted by atomic mass is 16.5. The fourth-order valence-corrected chi connectivity index (χ4v) is 6.02. The van der Waals surface area contributed by atoms with Gasteiger partial charge in [-0.1, -0.05) is 6.42 Å². The maximum atomic E-state index is 13.2. The summed E-state index contributed by atoms with van der Waals surface area (Å²) in [4.78, 5) is 32.9. The number of methoxy groups -OCH3 is 1. The number of carbonyl (C=O) groups excluding carboxylic acids is 2. The number of amides is 2. The third-order valence-electron chi connectivity index (χ3n) is 7.87. The topological polar surface area (TPSA) is 71.5 Å². The molecule has 2 aromatic rings. The van der Waals surface area contributed by atoms with Crippen LogP contribution in [-0.4, -0.2) is 47.9 Å². The van der Waals surface area contributed by atoms with Gasteiger partial charge in [-0.2, -0.15) is 0 Å². The molecule has 3 fully saturated rings. The lowest BCUT2D eigenvalue weighted by atomic mass is 9.89. The summed E-state index contributed by atoms with van der Waals surface area (Å²) in [5.41, 5.74) is 3.21. The number of likely N-dealkylation sites (tertiary alicyclic amines) is 1. The first-order valence-corrected chi connectivity index (χ1v) is 12.2. The van der Waals surface area contributed by atoms with Gasteiger partial charge < -0.3 is 15.0 Å². The van der Waals surface area contributed by atoms with E-state index in [9.17, 15) is 9.59 Å². The van der Waals surface area contributed by atoms with Gasteiger partial charge in [0.1, 0.15) is 5.75 Å². The lowest BCUT2D eigenvalue weighted by molar-refractivity contribution is 0.0710. The van der Waals surface area contributed by atoms with E-state index in [0.29, 0.717) is 36.2 Å². The first-order valence-electron chi connectivity index (χ1n) is 12.2. The SMILES string of the molecule is COc1ccc(C(=O)N2CCC(c3nc(C)ccc3C(=O)N[C@H]3C[C@H]4CC[C@H]3C4)CC2)cc1. The third-order valence-corrected chi connectivity index (χ3v) is 7.87. The first-order chi connectivity index (χ1) is 16.0. The van der Waals surface area contributed by atoms with Gasteiger partial charge >= 0.3 is 0 Å². The fraction of sp³-hybridized carbons (Fsp3) is 0.519. The van der Waals surface area contributed by atoms with Gasteiger partial charge in [0.25, 0.3) is 11.8 Å². The molecule has 6 nitrogen and oxygen atoms in total. The van der Waals surface area contributed by atoms with Crippen LogP contribution < -0.4 is 10.1 Å². The summed E-state index contributed by atoms with van der Waals surface area (Å²) in [5, 5.41) is 3.33. The number of hydrogen-bond acceptors (Lipinski definition) is 4. The molecule has 0 spiro atoms. The Balaban J connectivity index is 1.25. The zero-order chi connectivity index (χ0) is 22.9. The van der Waals surface area contributed by atoms with Crippen molar-refractivity contribution in [1.82, 2.24) is 15.2 Å². The zero-order valence-corrected chi connectivity index (χ0v) is 19.5. The molecule has 0 unspecified atom stereocenters. The van der Waals surface area contributed by atoms with E-state index in [2.05, 4.69) is 5.32 Å². The molecule has 0 radical (unpaired) electrons. The lowest BCUT2D eigenvalue weighted by Gasteiger charge is -2.33. The molecule has 2 aliphatic carbocycles. The second-order valence-corrected chi connectivity index (χ2v) is 9.94. The van der Waals surface area contributed by atoms with Crippen LogP contribution in [0.15, 0.2) is 36.4 Å². The van der Waals surface area contributed by atoms with E-state index < -0.39 is 0 Å². The monoisotopic (exact) mass is 447 g/mol. The lowest BCUT2D eigenvalue weighted by Crippen LogP contribution is -2.40. The standard InChI is InChI=1S/C27H33N3O3/c1-17-3-10-23(26(31)29-24-16-18-4-5-21(24)15-18)25(28-17)19-11-13-30(14-12-19)27(32)20-6-8-22(33-2)9-7-20/h3,6-10,18-19,21,24H,4-5,11-16H2,1-2H3,(H,29,31)/t18-,21-,24-/m0/s1. The molecular formula is C27H33N3O3. The summed E-state index contributed by atoms with van der Waals surface area (Å²) in [6.45, 7) is 3.31. The van der Waals surface area contributed by atoms with Gasteiger partial charge in [-0.05, 0) is 87.3 Å². The van der Waals surface area contributed by atoms with Crippen LogP contribution in [0, 0.1) is 18.8 Å². The Hall–Kier alpha value is -2.89. The number of carbonyl (C=O) groups is 2. The number of benzene rings is 1. The Morgan fingerprint density at radius 2 is 1.76 bits per heavy atom. The Labute approximate surface area is 195 Å². The molecule has 3 aliphatic rings. The first kappa shape index (κ1) is 21.9. The van der Waals surface area contributed by atoms with Gasteiger partial charge in [0, 0.05) is 36.3 Å². The molecule has 6 heteroatoms. The van der Waals surface area contributed by atoms with Gasteiger partial charge in [-0.15, -0.1) is 0 Å². The number of piperidine rings is 1. The van der Waals surface area contributed by atoms with Crippen molar-refractivity contribution in [2.45, 2.75) is 57.4 Å². The molecule has 2 saturated carbocycles. The molecule has 1 aromatic heterocycles. The molecule has 2 heterocycles. The molecule has 1 N–H and O–H groups in total. The van der Waals surface area contributed by atoms with E-state index in [0.717, 1.165) is 42.3 Å². The summed E-state index contributed by atoms with van der Waals surface area (Å²) < 4.78 is 5.19. The van der Waals surface area contributed by atoms with Crippen LogP contribution in [0.4, 0.5) is 0 Å². The Morgan fingerprint density at radius 1 is 1.00 bits per heavy atom. The van der Waals surface area contributed by atoms with Crippen LogP contribution >= 0.6 is 0 Å². The number of rotatable bonds is 5. The van der Waals surface area contributed by atoms with Crippen LogP contribution in [0.5, 0.6) is 5.75 Å². The van der Waals surface area contributed by atoms with Gasteiger partial charge in [-0.25, -0.2) is 0 Å². The minimum atomic E-state index is 0.0202. The molecule has 1 aliphatic heterocycles. The highest BCUT2D eigenvalue weighted by Gasteiger charge is 2.40. The van der Waals surface area contributed by atoms with Crippen molar-refractivity contribution in [2.24, 2.45) is 11.8 Å². The number of pyridine rings is 1. The van der Waals surface area contributed by atoms with Crippen LogP contribution in [0.25, 0.3) is 0 Å². The van der Waals surface area contributed by atoms with Crippen LogP contribution in [0.2, 0.25) is 0 Å². The van der Waals surface area contributed by atoms with E-state index in [1.807, 2.05) is 48.2 Å². The van der Waals surface area contributed by atoms with Crippen molar-refractivity contribution in [2.75, 3.05) is 20.2 Å². The predicted molar refractivity (Wildman–Crippen MR) is 127 cm³/mol. The van der Waals surface area contributed by atoms with Crippen molar-refractivity contribution < 1.29 is 14.3 Å². The minimum absolute atomic E-state index is 0.0202. The average molecular weight is 448 g/mol. The van der Waals surface area contributed by atoms with E-state index in [1.54, 1.807) is 7.11 Å². The van der Waals surface area contributed by atoms with E-state index >= 15 is 0 Å². The Kier molecular flexibility index (Phi) is 6.09. The van der Waals surface area contributed by atoms with Crippen molar-refractivity contribution in [1.29, 1.82) is 0 Å². The molecule has 2 amide bonds. The summed E-state index contributed by atoms with van der Waals surface area (Å²) in [7, 11) is 1.62. The van der Waals surface area contributed by atoms with E-state index in [-0.39, 0.29) is 17.7 Å². The van der Waals surface area contributed by atoms with Crippen molar-refractivity contribution in [3.63, 3.8) is 0 Å². The number of aryl methyl sites for hydroxylation is 1. The molecule has 33 heavy (non-hydrogen) atoms. The number of aromatic nitrogens is 1. The second-order valence-electron chi connectivity index (χ2n) is 9.94. The summed E-state index contributed by atoms with van der Waals surface area (Å²) in [6, 6.07) is 11.4. The summed E-state index contributed by atoms with van der Waals surface area (Å²) in [5.74, 6) is 2.43. The molecule has 174 valence electrons. The number of nitrogens with one attached hydrogen (secondary N) is 1. The van der Waals surface area contributed by atoms with Gasteiger partial charge in [0.15, 0.2) is 0 Å². The van der Waals surface area contributed by atoms with Crippen molar-refractivity contribution in [3.05, 3.63) is 58.9 Å². The number of fused-ring (bicyclic) bond motifs is 2. The quantitative estimate of drug-likeness (QED) is 0.740. The number of ether oxygens (including phenoxy) is 1. The number of hydrogen-bond donors (Lipinski definition) is 1. The van der Waals surface area contributed by atoms with E-state index in [4.69, 9.17) is 9.72 Å². The number of nitrogens with zero attached hydrogens (tertiary/aromatic N) is 2. The van der Waals surface area contributed by atoms with Gasteiger partial charge in [-0.3, -0.25) is 14.6 Å². The Morgan fingerprint density at radius 3 is 2.39 bits per heavy atom. The highest BCUT2D eigenvalue weighted by molar-refractivity contribution is 5.96. The van der Waals surface area contributed by atoms with Crippen LogP contribution in [0.3, 0.4) is 0 Å². The second kappa shape index (κ2) is 9.16. The summed E-state index contributed by atoms with van der Waals surface area (Å²) >= 11 is 0. The Bertz CT molecular complexity index is 1030. The molecule has 3 atom stereocenters. The fourth-order valence-electron chi connectivity index (χ4n) is 6.02. The molecule has 1 aromatic carbocycles.